The van der Waals surface area contributed by atoms with E-state index in [0.29, 0.717) is 21.4 Å². The van der Waals surface area contributed by atoms with Gasteiger partial charge in [-0.25, -0.2) is 32.6 Å². The molecule has 7 heterocycles. The van der Waals surface area contributed by atoms with E-state index < -0.39 is 64.1 Å². The summed E-state index contributed by atoms with van der Waals surface area (Å²) in [6.45, 7) is 13.8. The van der Waals surface area contributed by atoms with Crippen molar-refractivity contribution in [2.24, 2.45) is 11.3 Å². The van der Waals surface area contributed by atoms with Crippen molar-refractivity contribution in [1.82, 2.24) is 45.3 Å². The Morgan fingerprint density at radius 1 is 0.925 bits per heavy atom. The number of aliphatic hydroxyl groups is 1. The lowest BCUT2D eigenvalue weighted by Gasteiger charge is -2.40. The number of hydrogen-bond acceptors (Lipinski definition) is 14. The number of nitrogens with zero attached hydrogens (tertiary/aromatic N) is 8. The third-order valence-electron chi connectivity index (χ3n) is 15.7. The topological polar surface area (TPSA) is 206 Å². The number of H-pyrrole nitrogens is 1. The van der Waals surface area contributed by atoms with E-state index in [2.05, 4.69) is 52.4 Å². The van der Waals surface area contributed by atoms with Crippen molar-refractivity contribution in [2.75, 3.05) is 81.3 Å². The van der Waals surface area contributed by atoms with Gasteiger partial charge in [-0.15, -0.1) is 11.3 Å². The minimum atomic E-state index is -3.02. The molecule has 3 aromatic heterocycles. The maximum atomic E-state index is 15.9. The molecule has 0 saturated carbocycles. The molecule has 4 fully saturated rings. The third kappa shape index (κ3) is 12.8. The molecule has 4 N–H and O–H groups in total. The number of nitrogens with one attached hydrogen (secondary N) is 3. The number of aromatic amines is 1. The number of pyridine rings is 1. The number of alkyl halides is 1. The number of fused-ring (bicyclic) bond motifs is 1. The highest BCUT2D eigenvalue weighted by Gasteiger charge is 2.45. The number of halogens is 3. The van der Waals surface area contributed by atoms with Crippen molar-refractivity contribution in [3.63, 3.8) is 0 Å². The van der Waals surface area contributed by atoms with Gasteiger partial charge < -0.3 is 39.8 Å². The highest BCUT2D eigenvalue weighted by Crippen LogP contribution is 2.39. The van der Waals surface area contributed by atoms with Crippen LogP contribution in [0.3, 0.4) is 0 Å². The molecule has 426 valence electrons. The maximum Gasteiger partial charge on any atom is 0.246 e. The average Bonchev–Trinajstić information content (AvgIpc) is 4.30. The Hall–Kier alpha value is -6.47. The zero-order valence-electron chi connectivity index (χ0n) is 45.2. The van der Waals surface area contributed by atoms with Crippen LogP contribution in [-0.4, -0.2) is 163 Å². The Balaban J connectivity index is 0.676. The first-order chi connectivity index (χ1) is 38.4. The summed E-state index contributed by atoms with van der Waals surface area (Å²) >= 11 is -1.44. The highest BCUT2D eigenvalue weighted by atomic mass is 32.2. The Morgan fingerprint density at radius 3 is 2.31 bits per heavy atom. The Kier molecular flexibility index (Phi) is 17.3. The average molecular weight is 1140 g/mol. The summed E-state index contributed by atoms with van der Waals surface area (Å²) in [4.78, 5) is 62.8. The molecule has 4 saturated heterocycles. The molecule has 23 heteroatoms. The second-order valence-electron chi connectivity index (χ2n) is 22.4. The van der Waals surface area contributed by atoms with Crippen LogP contribution in [0, 0.1) is 29.9 Å². The predicted molar refractivity (Wildman–Crippen MR) is 300 cm³/mol. The van der Waals surface area contributed by atoms with Gasteiger partial charge >= 0.3 is 0 Å². The minimum Gasteiger partial charge on any atom is -0.754 e. The number of aliphatic hydroxyl groups excluding tert-OH is 1. The highest BCUT2D eigenvalue weighted by molar-refractivity contribution is 7.80. The number of aryl methyl sites for hydroxylation is 1. The Bertz CT molecular complexity index is 3200. The van der Waals surface area contributed by atoms with E-state index in [4.69, 9.17) is 4.74 Å². The number of benzene rings is 3. The quantitative estimate of drug-likeness (QED) is 0.0685. The van der Waals surface area contributed by atoms with Crippen molar-refractivity contribution in [3.8, 4) is 33.1 Å². The summed E-state index contributed by atoms with van der Waals surface area (Å²) in [5.41, 5.74) is 6.65. The summed E-state index contributed by atoms with van der Waals surface area (Å²) in [5, 5.41) is 18.3. The molecule has 0 aliphatic carbocycles. The number of hydrazine groups is 1. The summed E-state index contributed by atoms with van der Waals surface area (Å²) in [5.74, 6) is -3.56. The van der Waals surface area contributed by atoms with Crippen LogP contribution >= 0.6 is 11.3 Å². The van der Waals surface area contributed by atoms with E-state index in [0.717, 1.165) is 114 Å². The monoisotopic (exact) mass is 1140 g/mol. The van der Waals surface area contributed by atoms with Gasteiger partial charge in [0.2, 0.25) is 23.5 Å². The van der Waals surface area contributed by atoms with Gasteiger partial charge in [0.1, 0.15) is 29.6 Å². The molecule has 10 rings (SSSR count). The largest absolute Gasteiger partial charge is 0.754 e. The zero-order valence-corrected chi connectivity index (χ0v) is 46.8. The van der Waals surface area contributed by atoms with Crippen LogP contribution in [0.15, 0.2) is 84.6 Å². The second-order valence-corrected chi connectivity index (χ2v) is 24.0. The lowest BCUT2D eigenvalue weighted by molar-refractivity contribution is -0.144. The van der Waals surface area contributed by atoms with Gasteiger partial charge in [0, 0.05) is 82.4 Å². The van der Waals surface area contributed by atoms with Crippen molar-refractivity contribution in [1.29, 1.82) is 0 Å². The summed E-state index contributed by atoms with van der Waals surface area (Å²) in [6.07, 6.45) is 3.03. The minimum absolute atomic E-state index is 0.00490. The number of rotatable bonds is 17. The fourth-order valence-electron chi connectivity index (χ4n) is 11.2. The number of carbonyl (C=O) groups excluding carboxylic acids is 3. The molecule has 80 heavy (non-hydrogen) atoms. The number of anilines is 2. The summed E-state index contributed by atoms with van der Waals surface area (Å²) in [7, 11) is 0. The van der Waals surface area contributed by atoms with Gasteiger partial charge in [-0.2, -0.15) is 0 Å². The first-order valence-electron chi connectivity index (χ1n) is 27.1. The van der Waals surface area contributed by atoms with Crippen LogP contribution in [0.4, 0.5) is 24.5 Å². The standard InChI is InChI=1S/C57H68F3N11O7S2/c1-35-52(79-34-64-35)39-7-5-36(6-8-39)27-63-55(74)47-26-43(72)32-70(47)56(75)53(57(2,3)4)65-49(73)33-66-18-15-37(16-19-66)30-67-21-23-68(24-22-67)42-11-9-38(10-12-42)40-25-44-48(29-62-54(44)61-28-40)78-51-45(59)13-14-46(50(51)60)71(80(76)77)69-20-17-41(58)31-69/h5-14,25,28-29,34,37,41,43,47,53,72H,15-24,26-27,30-33H2,1-4H3,(H,61,62)(H,63,74)(H,65,73)(H,76,77)/p-1/t41-,43-,47+,53-/m1/s1. The van der Waals surface area contributed by atoms with Crippen molar-refractivity contribution >= 4 is 62.7 Å². The van der Waals surface area contributed by atoms with Crippen molar-refractivity contribution in [3.05, 3.63) is 108 Å². The number of thiazole rings is 1. The van der Waals surface area contributed by atoms with Crippen LogP contribution in [0.5, 0.6) is 11.5 Å². The van der Waals surface area contributed by atoms with Crippen LogP contribution in [0.2, 0.25) is 0 Å². The number of aromatic nitrogens is 3. The van der Waals surface area contributed by atoms with Crippen molar-refractivity contribution < 1.29 is 46.2 Å². The van der Waals surface area contributed by atoms with Crippen LogP contribution in [0.1, 0.15) is 57.7 Å². The molecule has 4 aliphatic heterocycles. The van der Waals surface area contributed by atoms with Crippen LogP contribution < -0.4 is 24.7 Å². The lowest BCUT2D eigenvalue weighted by atomic mass is 9.85. The third-order valence-corrected chi connectivity index (χ3v) is 17.4. The fraction of sp³-hybridized carbons (Fsp3) is 0.456. The molecule has 6 aromatic rings. The van der Waals surface area contributed by atoms with E-state index in [9.17, 15) is 32.6 Å². The Morgan fingerprint density at radius 2 is 1.65 bits per heavy atom. The lowest BCUT2D eigenvalue weighted by Crippen LogP contribution is -2.59. The predicted octanol–water partition coefficient (Wildman–Crippen LogP) is 6.93. The molecule has 0 bridgehead atoms. The Labute approximate surface area is 469 Å². The molecular weight excluding hydrogens is 1070 g/mol. The van der Waals surface area contributed by atoms with Crippen molar-refractivity contribution in [2.45, 2.75) is 84.3 Å². The molecule has 4 aliphatic rings. The number of amides is 3. The summed E-state index contributed by atoms with van der Waals surface area (Å²) < 4.78 is 75.8. The number of β-amino-alcohol motifs (C(OH)–C–C–N with tert-alkyl or cyclic N) is 1. The normalized spacial score (nSPS) is 20.5. The van der Waals surface area contributed by atoms with Gasteiger partial charge in [-0.05, 0) is 97.6 Å². The van der Waals surface area contributed by atoms with E-state index in [1.807, 2.05) is 69.6 Å². The molecule has 3 aromatic carbocycles. The fourth-order valence-corrected chi connectivity index (χ4v) is 12.7. The van der Waals surface area contributed by atoms with E-state index in [-0.39, 0.29) is 69.0 Å². The molecule has 5 atom stereocenters. The van der Waals surface area contributed by atoms with Crippen LogP contribution in [0.25, 0.3) is 32.6 Å². The number of carbonyl (C=O) groups is 3. The number of ether oxygens (including phenoxy) is 1. The zero-order chi connectivity index (χ0) is 56.4. The first kappa shape index (κ1) is 56.8. The number of hydrogen-bond donors (Lipinski definition) is 4. The van der Waals surface area contributed by atoms with Gasteiger partial charge in [0.05, 0.1) is 51.9 Å². The molecule has 1 unspecified atom stereocenters. The molecular formula is C57H67F3N11O7S2-. The number of piperidine rings is 1. The SMILES string of the molecule is Cc1ncsc1-c1ccc(CNC(=O)[C@@H]2C[C@@H](O)CN2C(=O)[C@@H](NC(=O)CN2CCC(CN3CCN(c4ccc(-c5cnc6[nH]cc(Oc7c(F)ccc(N(N8CC[C@@H](F)C8)S(=O)[O-])c7F)c6c5)cc4)CC3)CC2)C(C)(C)C)cc1. The maximum absolute atomic E-state index is 15.9. The summed E-state index contributed by atoms with van der Waals surface area (Å²) in [6, 6.07) is 17.9. The molecule has 18 nitrogen and oxygen atoms in total. The molecule has 3 amide bonds. The van der Waals surface area contributed by atoms with Gasteiger partial charge in [-0.1, -0.05) is 57.2 Å². The van der Waals surface area contributed by atoms with Gasteiger partial charge in [0.15, 0.2) is 17.4 Å². The number of piperazine rings is 1. The van der Waals surface area contributed by atoms with E-state index in [1.54, 1.807) is 23.6 Å². The molecule has 0 radical (unpaired) electrons. The number of likely N-dealkylation sites (tertiary alicyclic amines) is 2. The van der Waals surface area contributed by atoms with Gasteiger partial charge in [-0.3, -0.25) is 28.4 Å². The second kappa shape index (κ2) is 24.3. The van der Waals surface area contributed by atoms with Gasteiger partial charge in [0.25, 0.3) is 0 Å². The van der Waals surface area contributed by atoms with E-state index >= 15 is 8.78 Å². The van der Waals surface area contributed by atoms with E-state index in [1.165, 1.54) is 11.1 Å². The van der Waals surface area contributed by atoms with Crippen LogP contribution in [-0.2, 0) is 32.2 Å². The molecule has 0 spiro atoms. The smallest absolute Gasteiger partial charge is 0.246 e. The first-order valence-corrected chi connectivity index (χ1v) is 29.0.